The first kappa shape index (κ1) is 11.9. The van der Waals surface area contributed by atoms with Crippen LogP contribution in [0.1, 0.15) is 5.56 Å². The van der Waals surface area contributed by atoms with E-state index in [9.17, 15) is 0 Å². The van der Waals surface area contributed by atoms with Crippen LogP contribution in [0.4, 0.5) is 0 Å². The normalized spacial score (nSPS) is 15.7. The molecule has 2 rings (SSSR count). The predicted molar refractivity (Wildman–Crippen MR) is 70.1 cm³/mol. The Morgan fingerprint density at radius 1 is 1.29 bits per heavy atom. The first-order valence-corrected chi connectivity index (χ1v) is 5.55. The van der Waals surface area contributed by atoms with Crippen molar-refractivity contribution in [2.24, 2.45) is 16.5 Å². The highest BCUT2D eigenvalue weighted by Gasteiger charge is 2.20. The van der Waals surface area contributed by atoms with Crippen LogP contribution in [-0.2, 0) is 0 Å². The summed E-state index contributed by atoms with van der Waals surface area (Å²) < 4.78 is 0. The molecule has 17 heavy (non-hydrogen) atoms. The van der Waals surface area contributed by atoms with Gasteiger partial charge in [-0.05, 0) is 6.07 Å². The minimum atomic E-state index is 0.229. The van der Waals surface area contributed by atoms with Crippen molar-refractivity contribution in [3.63, 3.8) is 0 Å². The fourth-order valence-electron chi connectivity index (χ4n) is 1.61. The van der Waals surface area contributed by atoms with Gasteiger partial charge in [-0.15, -0.1) is 0 Å². The Labute approximate surface area is 109 Å². The van der Waals surface area contributed by atoms with E-state index < -0.39 is 0 Å². The zero-order valence-corrected chi connectivity index (χ0v) is 10.5. The molecule has 0 spiro atoms. The summed E-state index contributed by atoms with van der Waals surface area (Å²) in [5.74, 6) is 0.514. The highest BCUT2D eigenvalue weighted by atomic mass is 35.5. The Morgan fingerprint density at radius 2 is 2.00 bits per heavy atom. The Hall–Kier alpha value is -1.59. The molecule has 5 nitrogen and oxygen atoms in total. The number of rotatable bonds is 1. The first-order valence-electron chi connectivity index (χ1n) is 4.79. The van der Waals surface area contributed by atoms with Crippen molar-refractivity contribution in [2.45, 2.75) is 0 Å². The third kappa shape index (κ3) is 2.11. The van der Waals surface area contributed by atoms with E-state index in [1.54, 1.807) is 24.2 Å². The van der Waals surface area contributed by atoms with Crippen LogP contribution < -0.4 is 16.9 Å². The van der Waals surface area contributed by atoms with Crippen LogP contribution in [0.5, 0.6) is 0 Å². The van der Waals surface area contributed by atoms with Crippen molar-refractivity contribution in [1.29, 1.82) is 0 Å². The van der Waals surface area contributed by atoms with Gasteiger partial charge in [0.05, 0.1) is 10.0 Å². The molecule has 0 unspecified atom stereocenters. The van der Waals surface area contributed by atoms with E-state index in [2.05, 4.69) is 10.4 Å². The maximum absolute atomic E-state index is 6.14. The zero-order valence-electron chi connectivity index (χ0n) is 9.04. The van der Waals surface area contributed by atoms with Crippen molar-refractivity contribution in [3.8, 4) is 0 Å². The van der Waals surface area contributed by atoms with Crippen LogP contribution in [-0.4, -0.2) is 18.0 Å². The van der Waals surface area contributed by atoms with E-state index in [-0.39, 0.29) is 11.8 Å². The molecule has 5 N–H and O–H groups in total. The zero-order chi connectivity index (χ0) is 12.6. The average Bonchev–Trinajstić information content (AvgIpc) is 2.23. The second kappa shape index (κ2) is 4.35. The summed E-state index contributed by atoms with van der Waals surface area (Å²) in [5.41, 5.74) is 15.5. The standard InChI is InChI=1S/C10H11Cl2N5/c1-17-8(9(13)15-10(14)16-17)5-3-2-4-6(11)7(5)12/h2-4H,13H2,1H3,(H3,14,15,16). The summed E-state index contributed by atoms with van der Waals surface area (Å²) >= 11 is 12.1. The number of aliphatic imine (C=N–C) groups is 1. The van der Waals surface area contributed by atoms with Crippen molar-refractivity contribution in [2.75, 3.05) is 7.05 Å². The Morgan fingerprint density at radius 3 is 2.65 bits per heavy atom. The van der Waals surface area contributed by atoms with Gasteiger partial charge in [0.1, 0.15) is 5.70 Å². The van der Waals surface area contributed by atoms with E-state index >= 15 is 0 Å². The molecule has 0 aromatic heterocycles. The van der Waals surface area contributed by atoms with Gasteiger partial charge >= 0.3 is 0 Å². The van der Waals surface area contributed by atoms with E-state index in [4.69, 9.17) is 34.7 Å². The molecule has 0 amide bonds. The first-order chi connectivity index (χ1) is 8.00. The fourth-order valence-corrected chi connectivity index (χ4v) is 2.00. The molecular weight excluding hydrogens is 261 g/mol. The SMILES string of the molecule is CN1NC(N)=NC(N)=C1c1cccc(Cl)c1Cl. The molecule has 0 atom stereocenters. The monoisotopic (exact) mass is 271 g/mol. The van der Waals surface area contributed by atoms with Crippen LogP contribution in [0.15, 0.2) is 29.0 Å². The van der Waals surface area contributed by atoms with Crippen LogP contribution in [0.2, 0.25) is 10.0 Å². The van der Waals surface area contributed by atoms with E-state index in [1.807, 2.05) is 6.07 Å². The molecule has 1 aromatic rings. The number of hydrogen-bond donors (Lipinski definition) is 3. The van der Waals surface area contributed by atoms with Gasteiger partial charge in [0.15, 0.2) is 5.82 Å². The summed E-state index contributed by atoms with van der Waals surface area (Å²) in [5, 5.41) is 2.53. The van der Waals surface area contributed by atoms with E-state index in [1.165, 1.54) is 0 Å². The Balaban J connectivity index is 2.60. The largest absolute Gasteiger partial charge is 0.382 e. The lowest BCUT2D eigenvalue weighted by atomic mass is 10.1. The van der Waals surface area contributed by atoms with Crippen molar-refractivity contribution < 1.29 is 0 Å². The smallest absolute Gasteiger partial charge is 0.214 e. The van der Waals surface area contributed by atoms with Gasteiger partial charge in [0, 0.05) is 12.6 Å². The van der Waals surface area contributed by atoms with Gasteiger partial charge in [-0.1, -0.05) is 35.3 Å². The van der Waals surface area contributed by atoms with Gasteiger partial charge < -0.3 is 11.5 Å². The number of hydrazine groups is 1. The minimum Gasteiger partial charge on any atom is -0.382 e. The van der Waals surface area contributed by atoms with Crippen LogP contribution in [0, 0.1) is 0 Å². The molecule has 0 bridgehead atoms. The summed E-state index contributed by atoms with van der Waals surface area (Å²) in [6, 6.07) is 5.31. The molecule has 0 saturated heterocycles. The quantitative estimate of drug-likeness (QED) is 0.720. The van der Waals surface area contributed by atoms with E-state index in [0.717, 1.165) is 0 Å². The molecule has 0 radical (unpaired) electrons. The lowest BCUT2D eigenvalue weighted by molar-refractivity contribution is 0.419. The fraction of sp³-hybridized carbons (Fsp3) is 0.100. The topological polar surface area (TPSA) is 79.7 Å². The molecular formula is C10H11Cl2N5. The molecule has 0 aliphatic carbocycles. The molecule has 1 aliphatic heterocycles. The number of nitrogens with two attached hydrogens (primary N) is 2. The molecule has 1 aromatic carbocycles. The van der Waals surface area contributed by atoms with Crippen LogP contribution in [0.25, 0.3) is 5.70 Å². The number of guanidine groups is 1. The number of benzene rings is 1. The summed E-state index contributed by atoms with van der Waals surface area (Å²) in [6.07, 6.45) is 0. The van der Waals surface area contributed by atoms with Crippen molar-refractivity contribution >= 4 is 34.9 Å². The Kier molecular flexibility index (Phi) is 3.04. The minimum absolute atomic E-state index is 0.229. The van der Waals surface area contributed by atoms with Gasteiger partial charge in [-0.25, -0.2) is 0 Å². The van der Waals surface area contributed by atoms with E-state index in [0.29, 0.717) is 21.3 Å². The molecule has 0 fully saturated rings. The Bertz CT molecular complexity index is 523. The van der Waals surface area contributed by atoms with Gasteiger partial charge in [-0.3, -0.25) is 10.4 Å². The maximum Gasteiger partial charge on any atom is 0.214 e. The van der Waals surface area contributed by atoms with Gasteiger partial charge in [0.2, 0.25) is 5.96 Å². The molecule has 1 aliphatic rings. The number of hydrogen-bond acceptors (Lipinski definition) is 5. The summed E-state index contributed by atoms with van der Waals surface area (Å²) in [4.78, 5) is 3.96. The number of nitrogens with zero attached hydrogens (tertiary/aromatic N) is 2. The third-order valence-corrected chi connectivity index (χ3v) is 3.13. The molecule has 90 valence electrons. The number of halogens is 2. The second-order valence-electron chi connectivity index (χ2n) is 3.50. The van der Waals surface area contributed by atoms with Crippen LogP contribution in [0.3, 0.4) is 0 Å². The molecule has 1 heterocycles. The van der Waals surface area contributed by atoms with Gasteiger partial charge in [-0.2, -0.15) is 4.99 Å². The van der Waals surface area contributed by atoms with Gasteiger partial charge in [0.25, 0.3) is 0 Å². The number of nitrogens with one attached hydrogen (secondary N) is 1. The lowest BCUT2D eigenvalue weighted by Gasteiger charge is -2.28. The molecule has 0 saturated carbocycles. The van der Waals surface area contributed by atoms with Crippen molar-refractivity contribution in [3.05, 3.63) is 39.6 Å². The highest BCUT2D eigenvalue weighted by Crippen LogP contribution is 2.32. The van der Waals surface area contributed by atoms with Crippen LogP contribution >= 0.6 is 23.2 Å². The van der Waals surface area contributed by atoms with Crippen molar-refractivity contribution in [1.82, 2.24) is 10.4 Å². The lowest BCUT2D eigenvalue weighted by Crippen LogP contribution is -2.46. The molecule has 7 heteroatoms. The predicted octanol–water partition coefficient (Wildman–Crippen LogP) is 1.34. The summed E-state index contributed by atoms with van der Waals surface area (Å²) in [7, 11) is 1.76. The maximum atomic E-state index is 6.14. The second-order valence-corrected chi connectivity index (χ2v) is 4.29. The summed E-state index contributed by atoms with van der Waals surface area (Å²) in [6.45, 7) is 0. The highest BCUT2D eigenvalue weighted by molar-refractivity contribution is 6.43. The average molecular weight is 272 g/mol. The third-order valence-electron chi connectivity index (χ3n) is 2.31.